The molecule has 0 unspecified atom stereocenters. The molecule has 0 bridgehead atoms. The number of rotatable bonds is 5. The molecule has 1 aliphatic heterocycles. The first-order valence-corrected chi connectivity index (χ1v) is 7.29. The van der Waals surface area contributed by atoms with Crippen LogP contribution >= 0.6 is 0 Å². The van der Waals surface area contributed by atoms with Gasteiger partial charge in [0.2, 0.25) is 10.0 Å². The first kappa shape index (κ1) is 13.4. The first-order chi connectivity index (χ1) is 7.57. The van der Waals surface area contributed by atoms with Crippen molar-refractivity contribution in [3.05, 3.63) is 0 Å². The second-order valence-corrected chi connectivity index (χ2v) is 5.95. The fraction of sp³-hybridized carbons (Fsp3) is 0.900. The standard InChI is InChI=1S/C10H19N3O2S/c1-2-13-6-3-10(4-7-13)9-12-16(14,15)8-5-11/h10,12H,2-4,6-9H2,1H3. The molecule has 0 aliphatic carbocycles. The van der Waals surface area contributed by atoms with Gasteiger partial charge in [-0.05, 0) is 38.4 Å². The molecule has 0 spiro atoms. The number of nitriles is 1. The highest BCUT2D eigenvalue weighted by molar-refractivity contribution is 7.89. The lowest BCUT2D eigenvalue weighted by molar-refractivity contribution is 0.194. The largest absolute Gasteiger partial charge is 0.304 e. The molecular formula is C10H19N3O2S. The Morgan fingerprint density at radius 2 is 2.06 bits per heavy atom. The molecule has 1 N–H and O–H groups in total. The molecule has 92 valence electrons. The van der Waals surface area contributed by atoms with Gasteiger partial charge in [-0.3, -0.25) is 0 Å². The molecule has 16 heavy (non-hydrogen) atoms. The maximum atomic E-state index is 11.2. The molecule has 1 aliphatic rings. The topological polar surface area (TPSA) is 73.2 Å². The van der Waals surface area contributed by atoms with E-state index < -0.39 is 15.8 Å². The number of nitrogens with one attached hydrogen (secondary N) is 1. The third-order valence-corrected chi connectivity index (χ3v) is 4.12. The second kappa shape index (κ2) is 6.18. The summed E-state index contributed by atoms with van der Waals surface area (Å²) in [7, 11) is -3.37. The Balaban J connectivity index is 2.28. The molecule has 0 aromatic heterocycles. The van der Waals surface area contributed by atoms with Gasteiger partial charge in [-0.25, -0.2) is 13.1 Å². The number of hydrogen-bond acceptors (Lipinski definition) is 4. The highest BCUT2D eigenvalue weighted by atomic mass is 32.2. The van der Waals surface area contributed by atoms with E-state index in [4.69, 9.17) is 5.26 Å². The van der Waals surface area contributed by atoms with E-state index in [0.29, 0.717) is 12.5 Å². The van der Waals surface area contributed by atoms with Gasteiger partial charge < -0.3 is 4.90 Å². The van der Waals surface area contributed by atoms with Crippen molar-refractivity contribution < 1.29 is 8.42 Å². The zero-order valence-corrected chi connectivity index (χ0v) is 10.5. The SMILES string of the molecule is CCN1CCC(CNS(=O)(=O)CC#N)CC1. The summed E-state index contributed by atoms with van der Waals surface area (Å²) < 4.78 is 25.0. The van der Waals surface area contributed by atoms with Crippen molar-refractivity contribution in [3.8, 4) is 6.07 Å². The van der Waals surface area contributed by atoms with E-state index in [1.165, 1.54) is 0 Å². The zero-order chi connectivity index (χ0) is 12.0. The first-order valence-electron chi connectivity index (χ1n) is 5.64. The van der Waals surface area contributed by atoms with Crippen LogP contribution < -0.4 is 4.72 Å². The van der Waals surface area contributed by atoms with Gasteiger partial charge in [-0.1, -0.05) is 6.92 Å². The molecule has 1 heterocycles. The smallest absolute Gasteiger partial charge is 0.225 e. The van der Waals surface area contributed by atoms with Gasteiger partial charge in [0.1, 0.15) is 0 Å². The van der Waals surface area contributed by atoms with Crippen molar-refractivity contribution >= 4 is 10.0 Å². The van der Waals surface area contributed by atoms with Crippen LogP contribution in [0.25, 0.3) is 0 Å². The highest BCUT2D eigenvalue weighted by Gasteiger charge is 2.19. The third kappa shape index (κ3) is 4.47. The molecule has 0 atom stereocenters. The predicted molar refractivity (Wildman–Crippen MR) is 62.2 cm³/mol. The Kier molecular flexibility index (Phi) is 5.19. The Morgan fingerprint density at radius 1 is 1.44 bits per heavy atom. The third-order valence-electron chi connectivity index (χ3n) is 3.00. The lowest BCUT2D eigenvalue weighted by Crippen LogP contribution is -2.38. The minimum atomic E-state index is -3.37. The van der Waals surface area contributed by atoms with Crippen LogP contribution in [0.15, 0.2) is 0 Å². The Bertz CT molecular complexity index is 340. The average molecular weight is 245 g/mol. The lowest BCUT2D eigenvalue weighted by atomic mass is 9.97. The quantitative estimate of drug-likeness (QED) is 0.749. The maximum Gasteiger partial charge on any atom is 0.225 e. The summed E-state index contributed by atoms with van der Waals surface area (Å²) in [6.07, 6.45) is 2.06. The lowest BCUT2D eigenvalue weighted by Gasteiger charge is -2.30. The van der Waals surface area contributed by atoms with Crippen molar-refractivity contribution in [3.63, 3.8) is 0 Å². The summed E-state index contributed by atoms with van der Waals surface area (Å²) in [4.78, 5) is 2.36. The number of nitrogens with zero attached hydrogens (tertiary/aromatic N) is 2. The van der Waals surface area contributed by atoms with E-state index in [-0.39, 0.29) is 0 Å². The molecule has 0 saturated carbocycles. The zero-order valence-electron chi connectivity index (χ0n) is 9.65. The minimum Gasteiger partial charge on any atom is -0.304 e. The van der Waals surface area contributed by atoms with Gasteiger partial charge in [-0.2, -0.15) is 5.26 Å². The van der Waals surface area contributed by atoms with Gasteiger partial charge in [0, 0.05) is 6.54 Å². The van der Waals surface area contributed by atoms with Gasteiger partial charge in [0.15, 0.2) is 5.75 Å². The van der Waals surface area contributed by atoms with Crippen LogP contribution in [0.4, 0.5) is 0 Å². The van der Waals surface area contributed by atoms with Gasteiger partial charge in [0.05, 0.1) is 6.07 Å². The van der Waals surface area contributed by atoms with Crippen molar-refractivity contribution in [1.82, 2.24) is 9.62 Å². The Morgan fingerprint density at radius 3 is 2.56 bits per heavy atom. The summed E-state index contributed by atoms with van der Waals surface area (Å²) in [5.41, 5.74) is 0. The summed E-state index contributed by atoms with van der Waals surface area (Å²) >= 11 is 0. The van der Waals surface area contributed by atoms with Crippen LogP contribution in [0.3, 0.4) is 0 Å². The number of piperidine rings is 1. The molecule has 5 nitrogen and oxygen atoms in total. The molecule has 1 fully saturated rings. The highest BCUT2D eigenvalue weighted by Crippen LogP contribution is 2.15. The predicted octanol–water partition coefficient (Wildman–Crippen LogP) is 0.161. The van der Waals surface area contributed by atoms with Crippen LogP contribution in [0.1, 0.15) is 19.8 Å². The van der Waals surface area contributed by atoms with Gasteiger partial charge in [-0.15, -0.1) is 0 Å². The maximum absolute atomic E-state index is 11.2. The van der Waals surface area contributed by atoms with E-state index in [1.54, 1.807) is 6.07 Å². The van der Waals surface area contributed by atoms with Crippen molar-refractivity contribution in [2.24, 2.45) is 5.92 Å². The van der Waals surface area contributed by atoms with Crippen molar-refractivity contribution in [2.45, 2.75) is 19.8 Å². The normalized spacial score (nSPS) is 19.5. The molecule has 1 rings (SSSR count). The fourth-order valence-electron chi connectivity index (χ4n) is 1.89. The molecular weight excluding hydrogens is 226 g/mol. The van der Waals surface area contributed by atoms with E-state index >= 15 is 0 Å². The van der Waals surface area contributed by atoms with Crippen molar-refractivity contribution in [2.75, 3.05) is 31.9 Å². The fourth-order valence-corrected chi connectivity index (χ4v) is 2.65. The number of hydrogen-bond donors (Lipinski definition) is 1. The van der Waals surface area contributed by atoms with Crippen LogP contribution in [0, 0.1) is 17.2 Å². The molecule has 1 saturated heterocycles. The minimum absolute atomic E-state index is 0.413. The molecule has 0 radical (unpaired) electrons. The Labute approximate surface area is 97.5 Å². The Hall–Kier alpha value is -0.640. The van der Waals surface area contributed by atoms with Crippen LogP contribution in [0.2, 0.25) is 0 Å². The van der Waals surface area contributed by atoms with E-state index in [2.05, 4.69) is 16.5 Å². The van der Waals surface area contributed by atoms with E-state index in [9.17, 15) is 8.42 Å². The summed E-state index contributed by atoms with van der Waals surface area (Å²) in [5, 5.41) is 8.33. The second-order valence-electron chi connectivity index (χ2n) is 4.14. The molecule has 0 amide bonds. The van der Waals surface area contributed by atoms with E-state index in [1.807, 2.05) is 0 Å². The van der Waals surface area contributed by atoms with Crippen LogP contribution in [-0.4, -0.2) is 45.2 Å². The summed E-state index contributed by atoms with van der Waals surface area (Å²) in [6.45, 7) is 5.76. The van der Waals surface area contributed by atoms with Gasteiger partial charge in [0.25, 0.3) is 0 Å². The summed E-state index contributed by atoms with van der Waals surface area (Å²) in [6, 6.07) is 1.65. The number of sulfonamides is 1. The van der Waals surface area contributed by atoms with Crippen LogP contribution in [0.5, 0.6) is 0 Å². The van der Waals surface area contributed by atoms with Crippen molar-refractivity contribution in [1.29, 1.82) is 5.26 Å². The molecule has 0 aromatic rings. The molecule has 6 heteroatoms. The summed E-state index contributed by atoms with van der Waals surface area (Å²) in [5.74, 6) is -0.0304. The number of likely N-dealkylation sites (tertiary alicyclic amines) is 1. The molecule has 0 aromatic carbocycles. The average Bonchev–Trinajstić information content (AvgIpc) is 2.27. The van der Waals surface area contributed by atoms with E-state index in [0.717, 1.165) is 32.5 Å². The van der Waals surface area contributed by atoms with Crippen LogP contribution in [-0.2, 0) is 10.0 Å². The monoisotopic (exact) mass is 245 g/mol. The van der Waals surface area contributed by atoms with Gasteiger partial charge >= 0.3 is 0 Å².